The number of thioether (sulfide) groups is 1. The van der Waals surface area contributed by atoms with E-state index in [1.165, 1.54) is 30.5 Å². The number of carbonyl (C=O) groups is 6. The second kappa shape index (κ2) is 17.8. The van der Waals surface area contributed by atoms with E-state index >= 15 is 0 Å². The quantitative estimate of drug-likeness (QED) is 0.241. The number of aryl methyl sites for hydroxylation is 1. The zero-order valence-electron chi connectivity index (χ0n) is 29.9. The number of benzene rings is 2. The van der Waals surface area contributed by atoms with E-state index in [4.69, 9.17) is 0 Å². The molecule has 1 aromatic heterocycles. The SMILES string of the molecule is CSCC[C@@H]1NC(=O)[C@H](C(C)C)NC(=O)[C@@H](C)NC(=O)CN(C(=O)c2ccc3c(c2)ncn3C)C[C@@H](Cc2ccccc2)NC(=O)[C@H](C)NC1=O. The summed E-state index contributed by atoms with van der Waals surface area (Å²) in [7, 11) is 1.84. The number of rotatable bonds is 7. The number of aromatic nitrogens is 2. The van der Waals surface area contributed by atoms with Gasteiger partial charge in [-0.2, -0.15) is 11.8 Å². The van der Waals surface area contributed by atoms with Crippen molar-refractivity contribution in [3.63, 3.8) is 0 Å². The fourth-order valence-electron chi connectivity index (χ4n) is 5.81. The van der Waals surface area contributed by atoms with E-state index in [1.807, 2.05) is 48.2 Å². The summed E-state index contributed by atoms with van der Waals surface area (Å²) in [6.45, 7) is 6.01. The van der Waals surface area contributed by atoms with Gasteiger partial charge in [0.2, 0.25) is 29.5 Å². The van der Waals surface area contributed by atoms with Crippen molar-refractivity contribution in [2.24, 2.45) is 13.0 Å². The topological polar surface area (TPSA) is 184 Å². The molecule has 15 heteroatoms. The van der Waals surface area contributed by atoms with Gasteiger partial charge in [0, 0.05) is 19.2 Å². The number of amides is 6. The molecule has 5 atom stereocenters. The van der Waals surface area contributed by atoms with E-state index in [1.54, 1.807) is 38.4 Å². The number of fused-ring (bicyclic) bond motifs is 1. The Balaban J connectivity index is 1.71. The molecule has 2 aromatic carbocycles. The Morgan fingerprint density at radius 1 is 0.882 bits per heavy atom. The number of carbonyl (C=O) groups excluding carboxylic acids is 6. The van der Waals surface area contributed by atoms with E-state index in [9.17, 15) is 28.8 Å². The van der Waals surface area contributed by atoms with Gasteiger partial charge >= 0.3 is 0 Å². The Kier molecular flexibility index (Phi) is 13.6. The second-order valence-corrected chi connectivity index (χ2v) is 14.2. The van der Waals surface area contributed by atoms with Crippen molar-refractivity contribution in [1.29, 1.82) is 0 Å². The molecule has 3 aromatic rings. The summed E-state index contributed by atoms with van der Waals surface area (Å²) in [6, 6.07) is 9.68. The van der Waals surface area contributed by atoms with Crippen molar-refractivity contribution >= 4 is 58.2 Å². The van der Waals surface area contributed by atoms with Crippen molar-refractivity contribution in [3.05, 3.63) is 66.0 Å². The lowest BCUT2D eigenvalue weighted by molar-refractivity contribution is -0.135. The van der Waals surface area contributed by atoms with Gasteiger partial charge in [-0.1, -0.05) is 44.2 Å². The molecule has 51 heavy (non-hydrogen) atoms. The first-order chi connectivity index (χ1) is 24.3. The predicted octanol–water partition coefficient (Wildman–Crippen LogP) is 1.14. The largest absolute Gasteiger partial charge is 0.349 e. The molecule has 1 aliphatic heterocycles. The first kappa shape index (κ1) is 38.9. The molecular formula is C36H48N8O6S. The van der Waals surface area contributed by atoms with Crippen LogP contribution in [0.2, 0.25) is 0 Å². The van der Waals surface area contributed by atoms with Gasteiger partial charge in [0.25, 0.3) is 5.91 Å². The number of hydrogen-bond donors (Lipinski definition) is 5. The van der Waals surface area contributed by atoms with Crippen molar-refractivity contribution in [3.8, 4) is 0 Å². The molecule has 14 nitrogen and oxygen atoms in total. The molecule has 1 aliphatic rings. The molecule has 4 rings (SSSR count). The number of nitrogens with zero attached hydrogens (tertiary/aromatic N) is 3. The van der Waals surface area contributed by atoms with Gasteiger partial charge in [-0.15, -0.1) is 0 Å². The van der Waals surface area contributed by atoms with E-state index in [-0.39, 0.29) is 24.4 Å². The average molecular weight is 721 g/mol. The summed E-state index contributed by atoms with van der Waals surface area (Å²) in [5.74, 6) is -3.12. The molecule has 2 heterocycles. The first-order valence-electron chi connectivity index (χ1n) is 17.0. The van der Waals surface area contributed by atoms with Crippen LogP contribution < -0.4 is 26.6 Å². The molecule has 0 radical (unpaired) electrons. The summed E-state index contributed by atoms with van der Waals surface area (Å²) in [6.07, 6.45) is 4.11. The van der Waals surface area contributed by atoms with Crippen LogP contribution in [0.5, 0.6) is 0 Å². The summed E-state index contributed by atoms with van der Waals surface area (Å²) in [5, 5.41) is 13.8. The van der Waals surface area contributed by atoms with E-state index in [0.717, 1.165) is 11.1 Å². The van der Waals surface area contributed by atoms with Crippen molar-refractivity contribution in [2.45, 2.75) is 70.7 Å². The number of nitrogens with one attached hydrogen (secondary N) is 5. The average Bonchev–Trinajstić information content (AvgIpc) is 3.47. The van der Waals surface area contributed by atoms with Crippen LogP contribution in [0.4, 0.5) is 0 Å². The molecule has 0 saturated carbocycles. The third-order valence-electron chi connectivity index (χ3n) is 8.72. The molecule has 0 unspecified atom stereocenters. The predicted molar refractivity (Wildman–Crippen MR) is 196 cm³/mol. The minimum Gasteiger partial charge on any atom is -0.349 e. The van der Waals surface area contributed by atoms with Gasteiger partial charge < -0.3 is 36.1 Å². The zero-order valence-corrected chi connectivity index (χ0v) is 30.7. The highest BCUT2D eigenvalue weighted by atomic mass is 32.2. The molecule has 5 N–H and O–H groups in total. The number of hydrogen-bond acceptors (Lipinski definition) is 8. The van der Waals surface area contributed by atoms with Gasteiger partial charge in [0.15, 0.2) is 0 Å². The lowest BCUT2D eigenvalue weighted by Gasteiger charge is -2.31. The normalized spacial score (nSPS) is 23.1. The Morgan fingerprint density at radius 3 is 2.25 bits per heavy atom. The van der Waals surface area contributed by atoms with Crippen LogP contribution in [0.1, 0.15) is 50.0 Å². The van der Waals surface area contributed by atoms with E-state index in [2.05, 4.69) is 31.6 Å². The van der Waals surface area contributed by atoms with E-state index < -0.39 is 72.2 Å². The summed E-state index contributed by atoms with van der Waals surface area (Å²) in [5.41, 5.74) is 2.57. The van der Waals surface area contributed by atoms with Crippen molar-refractivity contribution in [2.75, 3.05) is 25.1 Å². The Labute approximate surface area is 302 Å². The van der Waals surface area contributed by atoms with Crippen molar-refractivity contribution in [1.82, 2.24) is 41.0 Å². The fraction of sp³-hybridized carbons (Fsp3) is 0.472. The molecule has 6 amide bonds. The van der Waals surface area contributed by atoms with Crippen LogP contribution in [0.25, 0.3) is 11.0 Å². The molecule has 0 bridgehead atoms. The highest BCUT2D eigenvalue weighted by Gasteiger charge is 2.33. The molecule has 0 aliphatic carbocycles. The maximum absolute atomic E-state index is 14.1. The maximum Gasteiger partial charge on any atom is 0.254 e. The van der Waals surface area contributed by atoms with Crippen LogP contribution in [-0.2, 0) is 37.4 Å². The monoisotopic (exact) mass is 720 g/mol. The van der Waals surface area contributed by atoms with Gasteiger partial charge in [0.05, 0.1) is 29.9 Å². The zero-order chi connectivity index (χ0) is 37.2. The lowest BCUT2D eigenvalue weighted by atomic mass is 10.0. The van der Waals surface area contributed by atoms with Crippen LogP contribution in [-0.4, -0.2) is 105 Å². The van der Waals surface area contributed by atoms with Gasteiger partial charge in [-0.05, 0) is 68.4 Å². The fourth-order valence-corrected chi connectivity index (χ4v) is 6.28. The summed E-state index contributed by atoms with van der Waals surface area (Å²) >= 11 is 1.50. The molecule has 0 spiro atoms. The molecule has 274 valence electrons. The third-order valence-corrected chi connectivity index (χ3v) is 9.36. The maximum atomic E-state index is 14.1. The molecule has 1 fully saturated rings. The van der Waals surface area contributed by atoms with Crippen molar-refractivity contribution < 1.29 is 28.8 Å². The molecule has 1 saturated heterocycles. The van der Waals surface area contributed by atoms with Gasteiger partial charge in [0.1, 0.15) is 24.2 Å². The van der Waals surface area contributed by atoms with Crippen LogP contribution in [0.3, 0.4) is 0 Å². The summed E-state index contributed by atoms with van der Waals surface area (Å²) in [4.78, 5) is 87.3. The Hall–Kier alpha value is -4.92. The second-order valence-electron chi connectivity index (χ2n) is 13.2. The summed E-state index contributed by atoms with van der Waals surface area (Å²) < 4.78 is 1.82. The van der Waals surface area contributed by atoms with Crippen LogP contribution >= 0.6 is 11.8 Å². The van der Waals surface area contributed by atoms with Gasteiger partial charge in [-0.3, -0.25) is 28.8 Å². The van der Waals surface area contributed by atoms with Gasteiger partial charge in [-0.25, -0.2) is 4.98 Å². The van der Waals surface area contributed by atoms with Crippen LogP contribution in [0, 0.1) is 5.92 Å². The highest BCUT2D eigenvalue weighted by Crippen LogP contribution is 2.17. The first-order valence-corrected chi connectivity index (χ1v) is 18.4. The minimum atomic E-state index is -1.07. The smallest absolute Gasteiger partial charge is 0.254 e. The van der Waals surface area contributed by atoms with Crippen LogP contribution in [0.15, 0.2) is 54.9 Å². The lowest BCUT2D eigenvalue weighted by Crippen LogP contribution is -2.60. The Bertz CT molecular complexity index is 1730. The number of imidazole rings is 1. The third kappa shape index (κ3) is 10.5. The van der Waals surface area contributed by atoms with E-state index in [0.29, 0.717) is 17.7 Å². The Morgan fingerprint density at radius 2 is 1.57 bits per heavy atom. The molecular weight excluding hydrogens is 673 g/mol. The minimum absolute atomic E-state index is 0.0732. The highest BCUT2D eigenvalue weighted by molar-refractivity contribution is 7.98. The standard InChI is InChI=1S/C36H48N8O6S/c1-21(2)31-35(49)41-27(14-15-51-6)34(48)39-23(4)32(46)40-26(16-24-10-8-7-9-11-24)18-44(19-30(45)38-22(3)33(47)42-31)36(50)25-12-13-29-28(17-25)37-20-43(29)5/h7-13,17,20-23,26-27,31H,14-16,18-19H2,1-6H3,(H,38,45)(H,39,48)(H,40,46)(H,41,49)(H,42,47)/t22-,23+,26-,27+,31+/m1/s1.